The number of benzene rings is 2. The molecule has 6 nitrogen and oxygen atoms in total. The number of hydrazone groups is 1. The van der Waals surface area contributed by atoms with Crippen molar-refractivity contribution in [3.05, 3.63) is 59.7 Å². The van der Waals surface area contributed by atoms with E-state index in [4.69, 9.17) is 0 Å². The number of nitrogens with zero attached hydrogens (tertiary/aromatic N) is 4. The van der Waals surface area contributed by atoms with Crippen molar-refractivity contribution in [1.29, 1.82) is 0 Å². The highest BCUT2D eigenvalue weighted by atomic mass is 16.2. The van der Waals surface area contributed by atoms with Crippen LogP contribution in [0.4, 0.5) is 11.4 Å². The fraction of sp³-hybridized carbons (Fsp3) is 0.375. The first-order valence-corrected chi connectivity index (χ1v) is 10.5. The molecular weight excluding hydrogens is 376 g/mol. The molecule has 0 saturated carbocycles. The minimum Gasteiger partial charge on any atom is -0.365 e. The Labute approximate surface area is 177 Å². The number of anilines is 2. The van der Waals surface area contributed by atoms with Crippen LogP contribution in [0.15, 0.2) is 53.6 Å². The molecule has 2 heterocycles. The van der Waals surface area contributed by atoms with E-state index in [1.54, 1.807) is 0 Å². The van der Waals surface area contributed by atoms with Gasteiger partial charge in [-0.1, -0.05) is 29.8 Å². The summed E-state index contributed by atoms with van der Waals surface area (Å²) in [5, 5.41) is 5.82. The van der Waals surface area contributed by atoms with Crippen molar-refractivity contribution in [2.24, 2.45) is 5.10 Å². The van der Waals surface area contributed by atoms with Gasteiger partial charge in [0.2, 0.25) is 5.91 Å². The van der Waals surface area contributed by atoms with E-state index in [0.717, 1.165) is 12.1 Å². The van der Waals surface area contributed by atoms with E-state index >= 15 is 0 Å². The van der Waals surface area contributed by atoms with Crippen LogP contribution in [0.5, 0.6) is 0 Å². The summed E-state index contributed by atoms with van der Waals surface area (Å²) in [4.78, 5) is 29.8. The fourth-order valence-electron chi connectivity index (χ4n) is 4.11. The Kier molecular flexibility index (Phi) is 5.57. The zero-order valence-electron chi connectivity index (χ0n) is 17.8. The predicted molar refractivity (Wildman–Crippen MR) is 120 cm³/mol. The first-order chi connectivity index (χ1) is 14.4. The molecule has 0 aromatic heterocycles. The summed E-state index contributed by atoms with van der Waals surface area (Å²) in [6.45, 7) is 8.31. The molecule has 0 bridgehead atoms. The van der Waals surface area contributed by atoms with Gasteiger partial charge < -0.3 is 9.80 Å². The molecule has 1 saturated heterocycles. The lowest BCUT2D eigenvalue weighted by Gasteiger charge is -2.41. The average Bonchev–Trinajstić information content (AvgIpc) is 2.74. The number of rotatable bonds is 3. The second-order valence-corrected chi connectivity index (χ2v) is 8.22. The van der Waals surface area contributed by atoms with E-state index in [0.29, 0.717) is 37.3 Å². The van der Waals surface area contributed by atoms with E-state index in [2.05, 4.69) is 48.1 Å². The van der Waals surface area contributed by atoms with Crippen molar-refractivity contribution in [3.63, 3.8) is 0 Å². The summed E-state index contributed by atoms with van der Waals surface area (Å²) in [5.41, 5.74) is 4.71. The van der Waals surface area contributed by atoms with Crippen molar-refractivity contribution >= 4 is 28.9 Å². The number of aryl methyl sites for hydroxylation is 2. The third-order valence-corrected chi connectivity index (χ3v) is 5.81. The highest BCUT2D eigenvalue weighted by Crippen LogP contribution is 2.24. The molecule has 0 N–H and O–H groups in total. The number of carbonyl (C=O) groups excluding carboxylic acids is 2. The van der Waals surface area contributed by atoms with E-state index < -0.39 is 0 Å². The highest BCUT2D eigenvalue weighted by molar-refractivity contribution is 6.40. The van der Waals surface area contributed by atoms with Gasteiger partial charge in [0.25, 0.3) is 5.91 Å². The molecule has 1 unspecified atom stereocenters. The SMILES string of the molecule is Cc1ccc(N2N=C(C(=O)N3CCN(c4cccc(C)c4)C(C)C3)CCC2=O)cc1. The van der Waals surface area contributed by atoms with Gasteiger partial charge in [0.15, 0.2) is 0 Å². The van der Waals surface area contributed by atoms with E-state index in [9.17, 15) is 9.59 Å². The van der Waals surface area contributed by atoms with Gasteiger partial charge in [-0.25, -0.2) is 5.01 Å². The molecule has 2 aliphatic rings. The van der Waals surface area contributed by atoms with Crippen molar-refractivity contribution in [2.45, 2.75) is 39.7 Å². The lowest BCUT2D eigenvalue weighted by atomic mass is 10.1. The Hall–Kier alpha value is -3.15. The van der Waals surface area contributed by atoms with Crippen LogP contribution in [-0.2, 0) is 9.59 Å². The zero-order valence-corrected chi connectivity index (χ0v) is 17.8. The fourth-order valence-corrected chi connectivity index (χ4v) is 4.11. The van der Waals surface area contributed by atoms with Gasteiger partial charge in [-0.3, -0.25) is 9.59 Å². The van der Waals surface area contributed by atoms with Crippen molar-refractivity contribution < 1.29 is 9.59 Å². The Balaban J connectivity index is 1.48. The molecule has 6 heteroatoms. The van der Waals surface area contributed by atoms with Gasteiger partial charge in [0, 0.05) is 44.2 Å². The Morgan fingerprint density at radius 2 is 1.73 bits per heavy atom. The highest BCUT2D eigenvalue weighted by Gasteiger charge is 2.32. The number of piperazine rings is 1. The molecule has 4 rings (SSSR count). The number of hydrogen-bond donors (Lipinski definition) is 0. The van der Waals surface area contributed by atoms with E-state index in [-0.39, 0.29) is 17.9 Å². The van der Waals surface area contributed by atoms with Gasteiger partial charge >= 0.3 is 0 Å². The molecule has 1 fully saturated rings. The maximum Gasteiger partial charge on any atom is 0.270 e. The van der Waals surface area contributed by atoms with Crippen LogP contribution >= 0.6 is 0 Å². The summed E-state index contributed by atoms with van der Waals surface area (Å²) in [5.74, 6) is -0.136. The number of hydrogen-bond acceptors (Lipinski definition) is 4. The van der Waals surface area contributed by atoms with Crippen LogP contribution in [0.1, 0.15) is 30.9 Å². The molecule has 0 radical (unpaired) electrons. The summed E-state index contributed by atoms with van der Waals surface area (Å²) in [7, 11) is 0. The summed E-state index contributed by atoms with van der Waals surface area (Å²) in [6.07, 6.45) is 0.698. The Morgan fingerprint density at radius 1 is 0.967 bits per heavy atom. The van der Waals surface area contributed by atoms with Crippen LogP contribution in [0, 0.1) is 13.8 Å². The van der Waals surface area contributed by atoms with Crippen molar-refractivity contribution in [1.82, 2.24) is 4.90 Å². The normalized spacial score (nSPS) is 19.7. The monoisotopic (exact) mass is 404 g/mol. The minimum absolute atomic E-state index is 0.0599. The molecule has 2 amide bonds. The maximum atomic E-state index is 13.2. The largest absolute Gasteiger partial charge is 0.365 e. The summed E-state index contributed by atoms with van der Waals surface area (Å²) >= 11 is 0. The third kappa shape index (κ3) is 4.08. The van der Waals surface area contributed by atoms with Crippen LogP contribution in [0.25, 0.3) is 0 Å². The first-order valence-electron chi connectivity index (χ1n) is 10.5. The average molecular weight is 405 g/mol. The third-order valence-electron chi connectivity index (χ3n) is 5.81. The molecule has 156 valence electrons. The second-order valence-electron chi connectivity index (χ2n) is 8.22. The van der Waals surface area contributed by atoms with E-state index in [1.807, 2.05) is 36.1 Å². The number of carbonyl (C=O) groups is 2. The molecule has 2 aromatic carbocycles. The summed E-state index contributed by atoms with van der Waals surface area (Å²) in [6, 6.07) is 16.3. The molecule has 30 heavy (non-hydrogen) atoms. The van der Waals surface area contributed by atoms with Crippen LogP contribution in [0.3, 0.4) is 0 Å². The van der Waals surface area contributed by atoms with Crippen LogP contribution in [-0.4, -0.2) is 48.1 Å². The minimum atomic E-state index is -0.0759. The Morgan fingerprint density at radius 3 is 2.43 bits per heavy atom. The standard InChI is InChI=1S/C24H28N4O2/c1-17-7-9-20(10-8-17)28-23(29)12-11-22(25-28)24(30)26-13-14-27(19(3)16-26)21-6-4-5-18(2)15-21/h4-10,15,19H,11-14,16H2,1-3H3. The molecule has 0 spiro atoms. The van der Waals surface area contributed by atoms with Crippen molar-refractivity contribution in [2.75, 3.05) is 29.5 Å². The molecular formula is C24H28N4O2. The van der Waals surface area contributed by atoms with Gasteiger partial charge in [0.1, 0.15) is 5.71 Å². The molecule has 0 aliphatic carbocycles. The smallest absolute Gasteiger partial charge is 0.270 e. The van der Waals surface area contributed by atoms with Crippen molar-refractivity contribution in [3.8, 4) is 0 Å². The topological polar surface area (TPSA) is 56.2 Å². The second kappa shape index (κ2) is 8.30. The predicted octanol–water partition coefficient (Wildman–Crippen LogP) is 3.52. The maximum absolute atomic E-state index is 13.2. The van der Waals surface area contributed by atoms with Gasteiger partial charge in [-0.2, -0.15) is 5.10 Å². The van der Waals surface area contributed by atoms with Gasteiger partial charge in [-0.05, 0) is 50.6 Å². The number of amides is 2. The summed E-state index contributed by atoms with van der Waals surface area (Å²) < 4.78 is 0. The Bertz CT molecular complexity index is 983. The zero-order chi connectivity index (χ0) is 21.3. The molecule has 2 aromatic rings. The van der Waals surface area contributed by atoms with Crippen LogP contribution < -0.4 is 9.91 Å². The quantitative estimate of drug-likeness (QED) is 0.787. The van der Waals surface area contributed by atoms with E-state index in [1.165, 1.54) is 16.3 Å². The molecule has 1 atom stereocenters. The lowest BCUT2D eigenvalue weighted by Crippen LogP contribution is -2.55. The molecule has 2 aliphatic heterocycles. The first kappa shape index (κ1) is 20.1. The van der Waals surface area contributed by atoms with Crippen LogP contribution in [0.2, 0.25) is 0 Å². The van der Waals surface area contributed by atoms with Gasteiger partial charge in [0.05, 0.1) is 5.69 Å². The van der Waals surface area contributed by atoms with Gasteiger partial charge in [-0.15, -0.1) is 0 Å². The lowest BCUT2D eigenvalue weighted by molar-refractivity contribution is -0.125.